The van der Waals surface area contributed by atoms with Gasteiger partial charge in [-0.15, -0.1) is 0 Å². The topological polar surface area (TPSA) is 67.4 Å². The van der Waals surface area contributed by atoms with Gasteiger partial charge in [-0.05, 0) is 73.5 Å². The van der Waals surface area contributed by atoms with Crippen molar-refractivity contribution in [2.24, 2.45) is 0 Å². The highest BCUT2D eigenvalue weighted by molar-refractivity contribution is 6.04. The molecule has 8 heteroatoms. The molecule has 1 atom stereocenters. The number of amides is 2. The Labute approximate surface area is 189 Å². The Hall–Kier alpha value is -3.81. The summed E-state index contributed by atoms with van der Waals surface area (Å²) >= 11 is 0. The van der Waals surface area contributed by atoms with E-state index in [9.17, 15) is 22.8 Å². The molecule has 0 saturated heterocycles. The first-order valence-electron chi connectivity index (χ1n) is 10.3. The minimum Gasteiger partial charge on any atom is -0.481 e. The van der Waals surface area contributed by atoms with Gasteiger partial charge in [0.15, 0.2) is 6.10 Å². The normalized spacial score (nSPS) is 12.0. The summed E-state index contributed by atoms with van der Waals surface area (Å²) in [5, 5.41) is 5.19. The number of rotatable bonds is 7. The monoisotopic (exact) mass is 456 g/mol. The van der Waals surface area contributed by atoms with Crippen LogP contribution in [0.25, 0.3) is 0 Å². The van der Waals surface area contributed by atoms with Crippen molar-refractivity contribution < 1.29 is 27.5 Å². The summed E-state index contributed by atoms with van der Waals surface area (Å²) in [5.41, 5.74) is 0.889. The van der Waals surface area contributed by atoms with Crippen molar-refractivity contribution in [1.82, 2.24) is 0 Å². The third-order valence-corrected chi connectivity index (χ3v) is 4.79. The largest absolute Gasteiger partial charge is 0.481 e. The Kier molecular flexibility index (Phi) is 7.37. The fourth-order valence-corrected chi connectivity index (χ4v) is 3.08. The Bertz CT molecular complexity index is 1130. The number of hydrogen-bond acceptors (Lipinski definition) is 3. The molecule has 5 nitrogen and oxygen atoms in total. The molecule has 0 aliphatic carbocycles. The molecule has 0 radical (unpaired) electrons. The predicted molar refractivity (Wildman–Crippen MR) is 120 cm³/mol. The lowest BCUT2D eigenvalue weighted by molar-refractivity contribution is -0.137. The highest BCUT2D eigenvalue weighted by atomic mass is 19.4. The van der Waals surface area contributed by atoms with Crippen LogP contribution in [0, 0.1) is 6.92 Å². The molecule has 2 N–H and O–H groups in total. The number of anilines is 2. The number of aryl methyl sites for hydroxylation is 1. The molecule has 0 fully saturated rings. The van der Waals surface area contributed by atoms with Gasteiger partial charge in [-0.3, -0.25) is 9.59 Å². The smallest absolute Gasteiger partial charge is 0.416 e. The first-order chi connectivity index (χ1) is 15.7. The maximum Gasteiger partial charge on any atom is 0.416 e. The Morgan fingerprint density at radius 3 is 2.24 bits per heavy atom. The average molecular weight is 456 g/mol. The zero-order valence-electron chi connectivity index (χ0n) is 18.1. The van der Waals surface area contributed by atoms with Crippen LogP contribution in [0.1, 0.15) is 34.8 Å². The van der Waals surface area contributed by atoms with Crippen LogP contribution in [0.2, 0.25) is 0 Å². The molecule has 3 rings (SSSR count). The minimum atomic E-state index is -4.50. The number of benzene rings is 3. The van der Waals surface area contributed by atoms with Gasteiger partial charge in [0, 0.05) is 16.9 Å². The van der Waals surface area contributed by atoms with E-state index in [4.69, 9.17) is 4.74 Å². The van der Waals surface area contributed by atoms with Crippen LogP contribution in [0.15, 0.2) is 72.8 Å². The Morgan fingerprint density at radius 1 is 0.909 bits per heavy atom. The van der Waals surface area contributed by atoms with Crippen LogP contribution in [0.5, 0.6) is 5.75 Å². The third kappa shape index (κ3) is 6.58. The molecule has 1 unspecified atom stereocenters. The summed E-state index contributed by atoms with van der Waals surface area (Å²) in [4.78, 5) is 25.0. The average Bonchev–Trinajstić information content (AvgIpc) is 2.77. The number of carbonyl (C=O) groups excluding carboxylic acids is 2. The first-order valence-corrected chi connectivity index (χ1v) is 10.3. The van der Waals surface area contributed by atoms with Gasteiger partial charge in [-0.25, -0.2) is 0 Å². The van der Waals surface area contributed by atoms with E-state index in [2.05, 4.69) is 10.6 Å². The van der Waals surface area contributed by atoms with Crippen molar-refractivity contribution in [2.75, 3.05) is 10.6 Å². The minimum absolute atomic E-state index is 0.0336. The highest BCUT2D eigenvalue weighted by Crippen LogP contribution is 2.30. The van der Waals surface area contributed by atoms with Crippen LogP contribution in [-0.2, 0) is 11.0 Å². The number of halogens is 3. The van der Waals surface area contributed by atoms with Crippen LogP contribution in [0.3, 0.4) is 0 Å². The van der Waals surface area contributed by atoms with Crippen molar-refractivity contribution in [3.8, 4) is 5.75 Å². The summed E-state index contributed by atoms with van der Waals surface area (Å²) in [6.07, 6.45) is -4.74. The predicted octanol–water partition coefficient (Wildman–Crippen LogP) is 6.06. The quantitative estimate of drug-likeness (QED) is 0.454. The summed E-state index contributed by atoms with van der Waals surface area (Å²) < 4.78 is 44.3. The summed E-state index contributed by atoms with van der Waals surface area (Å²) in [6.45, 7) is 3.76. The molecular weight excluding hydrogens is 433 g/mol. The van der Waals surface area contributed by atoms with E-state index >= 15 is 0 Å². The lowest BCUT2D eigenvalue weighted by Gasteiger charge is -2.17. The Morgan fingerprint density at radius 2 is 1.61 bits per heavy atom. The van der Waals surface area contributed by atoms with E-state index in [1.807, 2.05) is 32.0 Å². The maximum atomic E-state index is 12.8. The van der Waals surface area contributed by atoms with Gasteiger partial charge in [0.25, 0.3) is 11.8 Å². The van der Waals surface area contributed by atoms with Gasteiger partial charge < -0.3 is 15.4 Å². The molecule has 0 bridgehead atoms. The SMILES string of the molecule is CCC(Oc1cccc(C)c1)C(=O)Nc1ccc(C(=O)Nc2cccc(C(F)(F)F)c2)cc1. The molecule has 3 aromatic carbocycles. The van der Waals surface area contributed by atoms with Crippen molar-refractivity contribution in [3.63, 3.8) is 0 Å². The van der Waals surface area contributed by atoms with E-state index in [0.29, 0.717) is 17.9 Å². The summed E-state index contributed by atoms with van der Waals surface area (Å²) in [6, 6.07) is 17.8. The van der Waals surface area contributed by atoms with E-state index in [-0.39, 0.29) is 17.2 Å². The molecule has 0 aliphatic rings. The van der Waals surface area contributed by atoms with E-state index in [1.165, 1.54) is 24.3 Å². The standard InChI is InChI=1S/C25H23F3N2O3/c1-3-22(33-21-9-4-6-16(2)14-21)24(32)29-19-12-10-17(11-13-19)23(31)30-20-8-5-7-18(15-20)25(26,27)28/h4-15,22H,3H2,1-2H3,(H,29,32)(H,30,31). The summed E-state index contributed by atoms with van der Waals surface area (Å²) in [5.74, 6) is -0.305. The number of nitrogens with one attached hydrogen (secondary N) is 2. The second-order valence-electron chi connectivity index (χ2n) is 7.43. The second-order valence-corrected chi connectivity index (χ2v) is 7.43. The van der Waals surface area contributed by atoms with Gasteiger partial charge in [-0.1, -0.05) is 25.1 Å². The molecule has 33 heavy (non-hydrogen) atoms. The van der Waals surface area contributed by atoms with Crippen LogP contribution >= 0.6 is 0 Å². The van der Waals surface area contributed by atoms with Gasteiger partial charge in [0.05, 0.1) is 5.56 Å². The van der Waals surface area contributed by atoms with Crippen molar-refractivity contribution in [2.45, 2.75) is 32.5 Å². The number of ether oxygens (including phenoxy) is 1. The van der Waals surface area contributed by atoms with Gasteiger partial charge >= 0.3 is 6.18 Å². The fraction of sp³-hybridized carbons (Fsp3) is 0.200. The van der Waals surface area contributed by atoms with E-state index in [0.717, 1.165) is 17.7 Å². The van der Waals surface area contributed by atoms with Gasteiger partial charge in [0.1, 0.15) is 5.75 Å². The van der Waals surface area contributed by atoms with Gasteiger partial charge in [-0.2, -0.15) is 13.2 Å². The molecule has 0 saturated carbocycles. The molecule has 172 valence electrons. The van der Waals surface area contributed by atoms with Crippen LogP contribution in [0.4, 0.5) is 24.5 Å². The van der Waals surface area contributed by atoms with Crippen LogP contribution in [-0.4, -0.2) is 17.9 Å². The van der Waals surface area contributed by atoms with Crippen LogP contribution < -0.4 is 15.4 Å². The summed E-state index contributed by atoms with van der Waals surface area (Å²) in [7, 11) is 0. The third-order valence-electron chi connectivity index (χ3n) is 4.79. The molecule has 3 aromatic rings. The fourth-order valence-electron chi connectivity index (χ4n) is 3.08. The van der Waals surface area contributed by atoms with E-state index in [1.54, 1.807) is 18.2 Å². The molecule has 0 spiro atoms. The Balaban J connectivity index is 1.62. The lowest BCUT2D eigenvalue weighted by Crippen LogP contribution is -2.32. The zero-order chi connectivity index (χ0) is 24.0. The molecular formula is C25H23F3N2O3. The van der Waals surface area contributed by atoms with Gasteiger partial charge in [0.2, 0.25) is 0 Å². The number of hydrogen-bond donors (Lipinski definition) is 2. The van der Waals surface area contributed by atoms with E-state index < -0.39 is 23.8 Å². The van der Waals surface area contributed by atoms with Crippen molar-refractivity contribution in [1.29, 1.82) is 0 Å². The maximum absolute atomic E-state index is 12.8. The number of carbonyl (C=O) groups is 2. The molecule has 0 heterocycles. The lowest BCUT2D eigenvalue weighted by atomic mass is 10.1. The second kappa shape index (κ2) is 10.2. The first kappa shape index (κ1) is 23.8. The van der Waals surface area contributed by atoms with Crippen molar-refractivity contribution in [3.05, 3.63) is 89.5 Å². The zero-order valence-corrected chi connectivity index (χ0v) is 18.1. The highest BCUT2D eigenvalue weighted by Gasteiger charge is 2.30. The van der Waals surface area contributed by atoms with Crippen molar-refractivity contribution >= 4 is 23.2 Å². The molecule has 2 amide bonds. The molecule has 0 aliphatic heterocycles. The molecule has 0 aromatic heterocycles. The number of alkyl halides is 3.